The van der Waals surface area contributed by atoms with Crippen LogP contribution in [0.3, 0.4) is 0 Å². The Hall–Kier alpha value is -1.10. The molecule has 4 heteroatoms. The second-order valence-corrected chi connectivity index (χ2v) is 6.75. The van der Waals surface area contributed by atoms with Crippen LogP contribution in [-0.2, 0) is 0 Å². The van der Waals surface area contributed by atoms with Crippen molar-refractivity contribution in [1.82, 2.24) is 0 Å². The van der Waals surface area contributed by atoms with E-state index < -0.39 is 6.10 Å². The fraction of sp³-hybridized carbons (Fsp3) is 0.667. The van der Waals surface area contributed by atoms with Gasteiger partial charge in [-0.25, -0.2) is 0 Å². The zero-order chi connectivity index (χ0) is 16.1. The summed E-state index contributed by atoms with van der Waals surface area (Å²) in [6.07, 6.45) is -0.390. The second kappa shape index (κ2) is 7.95. The molecule has 1 fully saturated rings. The summed E-state index contributed by atoms with van der Waals surface area (Å²) in [6.45, 7) is 15.6. The third-order valence-corrected chi connectivity index (χ3v) is 4.71. The standard InChI is InChI=1S/C18H30N2O2/c1-5-19-6-8-20(9-7-19)12-17(21)13-22-18-15(3)10-14(2)11-16(18)4/h10-11,17,21H,5-9,12-13H2,1-4H3/p+2/t17-/m1/s1. The highest BCUT2D eigenvalue weighted by Gasteiger charge is 2.24. The van der Waals surface area contributed by atoms with Gasteiger partial charge in [0.05, 0.1) is 6.54 Å². The van der Waals surface area contributed by atoms with E-state index in [-0.39, 0.29) is 0 Å². The number of aliphatic hydroxyl groups is 1. The van der Waals surface area contributed by atoms with Gasteiger partial charge in [0.25, 0.3) is 0 Å². The molecule has 1 atom stereocenters. The molecule has 0 radical (unpaired) electrons. The fourth-order valence-electron chi connectivity index (χ4n) is 3.48. The molecule has 124 valence electrons. The van der Waals surface area contributed by atoms with Gasteiger partial charge in [0.2, 0.25) is 0 Å². The molecule has 1 aliphatic heterocycles. The van der Waals surface area contributed by atoms with Gasteiger partial charge in [0, 0.05) is 0 Å². The lowest BCUT2D eigenvalue weighted by atomic mass is 10.1. The van der Waals surface area contributed by atoms with Crippen LogP contribution in [0.5, 0.6) is 5.75 Å². The highest BCUT2D eigenvalue weighted by Crippen LogP contribution is 2.24. The molecule has 3 N–H and O–H groups in total. The molecule has 0 spiro atoms. The van der Waals surface area contributed by atoms with Crippen molar-refractivity contribution in [3.8, 4) is 5.75 Å². The quantitative estimate of drug-likeness (QED) is 0.641. The Morgan fingerprint density at radius 1 is 1.05 bits per heavy atom. The summed E-state index contributed by atoms with van der Waals surface area (Å²) in [7, 11) is 0. The van der Waals surface area contributed by atoms with E-state index in [1.165, 1.54) is 30.1 Å². The normalized spacial score (nSPS) is 23.3. The summed E-state index contributed by atoms with van der Waals surface area (Å²) < 4.78 is 5.90. The van der Waals surface area contributed by atoms with Crippen LogP contribution in [0.25, 0.3) is 0 Å². The first kappa shape index (κ1) is 17.3. The maximum absolute atomic E-state index is 10.3. The third kappa shape index (κ3) is 4.70. The second-order valence-electron chi connectivity index (χ2n) is 6.75. The molecule has 0 unspecified atom stereocenters. The van der Waals surface area contributed by atoms with Crippen LogP contribution in [0, 0.1) is 20.8 Å². The van der Waals surface area contributed by atoms with Crippen molar-refractivity contribution < 1.29 is 19.6 Å². The molecule has 22 heavy (non-hydrogen) atoms. The average molecular weight is 308 g/mol. The Bertz CT molecular complexity index is 459. The molecular weight excluding hydrogens is 276 g/mol. The van der Waals surface area contributed by atoms with Crippen molar-refractivity contribution in [3.05, 3.63) is 28.8 Å². The third-order valence-electron chi connectivity index (χ3n) is 4.71. The van der Waals surface area contributed by atoms with E-state index in [1.807, 2.05) is 0 Å². The van der Waals surface area contributed by atoms with Gasteiger partial charge in [-0.15, -0.1) is 0 Å². The zero-order valence-corrected chi connectivity index (χ0v) is 14.5. The Morgan fingerprint density at radius 2 is 1.59 bits per heavy atom. The van der Waals surface area contributed by atoms with Crippen molar-refractivity contribution in [1.29, 1.82) is 0 Å². The summed E-state index contributed by atoms with van der Waals surface area (Å²) in [6, 6.07) is 4.26. The lowest BCUT2D eigenvalue weighted by Crippen LogP contribution is -3.28. The van der Waals surface area contributed by atoms with Gasteiger partial charge in [0.15, 0.2) is 0 Å². The minimum absolute atomic E-state index is 0.387. The highest BCUT2D eigenvalue weighted by molar-refractivity contribution is 5.42. The first-order chi connectivity index (χ1) is 10.5. The monoisotopic (exact) mass is 308 g/mol. The highest BCUT2D eigenvalue weighted by atomic mass is 16.5. The number of piperazine rings is 1. The number of nitrogens with one attached hydrogen (secondary N) is 2. The Kier molecular flexibility index (Phi) is 6.24. The SMILES string of the molecule is CC[NH+]1CC[NH+](C[C@@H](O)COc2c(C)cc(C)cc2C)CC1. The minimum Gasteiger partial charge on any atom is -0.490 e. The van der Waals surface area contributed by atoms with E-state index >= 15 is 0 Å². The van der Waals surface area contributed by atoms with Crippen LogP contribution in [-0.4, -0.2) is 57.1 Å². The number of rotatable bonds is 6. The van der Waals surface area contributed by atoms with E-state index in [2.05, 4.69) is 39.8 Å². The van der Waals surface area contributed by atoms with Crippen LogP contribution in [0.4, 0.5) is 0 Å². The maximum atomic E-state index is 10.3. The predicted octanol–water partition coefficient (Wildman–Crippen LogP) is -0.845. The van der Waals surface area contributed by atoms with E-state index in [0.29, 0.717) is 6.61 Å². The molecule has 1 saturated heterocycles. The predicted molar refractivity (Wildman–Crippen MR) is 89.0 cm³/mol. The molecule has 0 bridgehead atoms. The van der Waals surface area contributed by atoms with Crippen LogP contribution in [0.2, 0.25) is 0 Å². The lowest BCUT2D eigenvalue weighted by molar-refractivity contribution is -1.01. The number of hydrogen-bond donors (Lipinski definition) is 3. The molecule has 0 aromatic heterocycles. The average Bonchev–Trinajstić information content (AvgIpc) is 2.47. The molecule has 4 nitrogen and oxygen atoms in total. The Labute approximate surface area is 134 Å². The molecular formula is C18H32N2O2+2. The number of ether oxygens (including phenoxy) is 1. The minimum atomic E-state index is -0.390. The van der Waals surface area contributed by atoms with Gasteiger partial charge in [-0.2, -0.15) is 0 Å². The molecule has 2 rings (SSSR count). The summed E-state index contributed by atoms with van der Waals surface area (Å²) in [5.41, 5.74) is 3.55. The lowest BCUT2D eigenvalue weighted by Gasteiger charge is -2.30. The molecule has 0 saturated carbocycles. The van der Waals surface area contributed by atoms with Gasteiger partial charge >= 0.3 is 0 Å². The molecule has 1 aliphatic rings. The van der Waals surface area contributed by atoms with Crippen molar-refractivity contribution in [2.45, 2.75) is 33.8 Å². The molecule has 1 aromatic carbocycles. The summed E-state index contributed by atoms with van der Waals surface area (Å²) in [5.74, 6) is 0.930. The van der Waals surface area contributed by atoms with Crippen molar-refractivity contribution in [2.75, 3.05) is 45.9 Å². The number of quaternary nitrogens is 2. The fourth-order valence-corrected chi connectivity index (χ4v) is 3.48. The summed E-state index contributed by atoms with van der Waals surface area (Å²) in [4.78, 5) is 3.19. The maximum Gasteiger partial charge on any atom is 0.137 e. The van der Waals surface area contributed by atoms with Gasteiger partial charge in [-0.05, 0) is 38.8 Å². The van der Waals surface area contributed by atoms with Crippen molar-refractivity contribution in [3.63, 3.8) is 0 Å². The van der Waals surface area contributed by atoms with Gasteiger partial charge in [-0.3, -0.25) is 0 Å². The first-order valence-electron chi connectivity index (χ1n) is 8.55. The van der Waals surface area contributed by atoms with Gasteiger partial charge < -0.3 is 19.6 Å². The van der Waals surface area contributed by atoms with E-state index in [4.69, 9.17) is 4.74 Å². The number of aliphatic hydroxyl groups excluding tert-OH is 1. The van der Waals surface area contributed by atoms with Crippen LogP contribution < -0.4 is 14.5 Å². The number of likely N-dealkylation sites (N-methyl/N-ethyl adjacent to an activating group) is 1. The summed E-state index contributed by atoms with van der Waals surface area (Å²) >= 11 is 0. The largest absolute Gasteiger partial charge is 0.490 e. The number of aryl methyl sites for hydroxylation is 3. The van der Waals surface area contributed by atoms with Crippen molar-refractivity contribution in [2.24, 2.45) is 0 Å². The van der Waals surface area contributed by atoms with E-state index in [9.17, 15) is 5.11 Å². The number of benzene rings is 1. The molecule has 1 heterocycles. The first-order valence-corrected chi connectivity index (χ1v) is 8.55. The Morgan fingerprint density at radius 3 is 2.14 bits per heavy atom. The zero-order valence-electron chi connectivity index (χ0n) is 14.5. The van der Waals surface area contributed by atoms with E-state index in [0.717, 1.165) is 36.5 Å². The van der Waals surface area contributed by atoms with E-state index in [1.54, 1.807) is 4.90 Å². The van der Waals surface area contributed by atoms with Gasteiger partial charge in [0.1, 0.15) is 51.2 Å². The number of hydrogen-bond acceptors (Lipinski definition) is 2. The molecule has 1 aromatic rings. The summed E-state index contributed by atoms with van der Waals surface area (Å²) in [5, 5.41) is 10.3. The van der Waals surface area contributed by atoms with Crippen LogP contribution in [0.15, 0.2) is 12.1 Å². The smallest absolute Gasteiger partial charge is 0.137 e. The Balaban J connectivity index is 1.80. The van der Waals surface area contributed by atoms with Crippen LogP contribution in [0.1, 0.15) is 23.6 Å². The van der Waals surface area contributed by atoms with Gasteiger partial charge in [-0.1, -0.05) is 17.7 Å². The van der Waals surface area contributed by atoms with Crippen LogP contribution >= 0.6 is 0 Å². The topological polar surface area (TPSA) is 38.3 Å². The van der Waals surface area contributed by atoms with Crippen molar-refractivity contribution >= 4 is 0 Å². The molecule has 0 aliphatic carbocycles. The molecule has 0 amide bonds.